The van der Waals surface area contributed by atoms with Crippen molar-refractivity contribution in [1.29, 1.82) is 0 Å². The molecular formula is C13H13BrN2O3S2. The molecule has 0 aromatic heterocycles. The number of hydrazone groups is 1. The van der Waals surface area contributed by atoms with Crippen LogP contribution in [0.25, 0.3) is 0 Å². The molecule has 5 nitrogen and oxygen atoms in total. The SMILES string of the molecule is CCOc1cc(Br)c(/C=N\N2C(=O)CSC2=S)cc1OC. The number of carbonyl (C=O) groups excluding carboxylic acids is 1. The Labute approximate surface area is 140 Å². The van der Waals surface area contributed by atoms with Gasteiger partial charge in [0.15, 0.2) is 15.8 Å². The lowest BCUT2D eigenvalue weighted by Crippen LogP contribution is -2.22. The Morgan fingerprint density at radius 2 is 2.29 bits per heavy atom. The quantitative estimate of drug-likeness (QED) is 0.572. The summed E-state index contributed by atoms with van der Waals surface area (Å²) >= 11 is 9.83. The topological polar surface area (TPSA) is 51.1 Å². The van der Waals surface area contributed by atoms with Crippen LogP contribution >= 0.6 is 39.9 Å². The highest BCUT2D eigenvalue weighted by Crippen LogP contribution is 2.33. The van der Waals surface area contributed by atoms with E-state index < -0.39 is 0 Å². The molecule has 1 heterocycles. The van der Waals surface area contributed by atoms with Gasteiger partial charge in [-0.25, -0.2) is 0 Å². The summed E-state index contributed by atoms with van der Waals surface area (Å²) in [5.41, 5.74) is 0.766. The predicted molar refractivity (Wildman–Crippen MR) is 91.4 cm³/mol. The number of halogens is 1. The van der Waals surface area contributed by atoms with Crippen molar-refractivity contribution in [1.82, 2.24) is 5.01 Å². The number of hydrogen-bond acceptors (Lipinski definition) is 6. The van der Waals surface area contributed by atoms with Crippen molar-refractivity contribution in [3.63, 3.8) is 0 Å². The van der Waals surface area contributed by atoms with Crippen LogP contribution in [0, 0.1) is 0 Å². The summed E-state index contributed by atoms with van der Waals surface area (Å²) in [4.78, 5) is 11.6. The molecule has 1 aromatic rings. The van der Waals surface area contributed by atoms with Gasteiger partial charge in [0.1, 0.15) is 0 Å². The fraction of sp³-hybridized carbons (Fsp3) is 0.308. The average molecular weight is 389 g/mol. The number of ether oxygens (including phenoxy) is 2. The van der Waals surface area contributed by atoms with Gasteiger partial charge in [-0.1, -0.05) is 24.0 Å². The van der Waals surface area contributed by atoms with Crippen molar-refractivity contribution in [3.8, 4) is 11.5 Å². The first-order chi connectivity index (χ1) is 10.1. The molecule has 1 aliphatic rings. The number of hydrogen-bond donors (Lipinski definition) is 0. The average Bonchev–Trinajstić information content (AvgIpc) is 2.78. The number of nitrogens with zero attached hydrogens (tertiary/aromatic N) is 2. The monoisotopic (exact) mass is 388 g/mol. The molecule has 0 atom stereocenters. The van der Waals surface area contributed by atoms with Gasteiger partial charge in [0.05, 0.1) is 25.7 Å². The molecule has 2 rings (SSSR count). The summed E-state index contributed by atoms with van der Waals surface area (Å²) in [7, 11) is 1.57. The largest absolute Gasteiger partial charge is 0.493 e. The molecule has 1 aliphatic heterocycles. The summed E-state index contributed by atoms with van der Waals surface area (Å²) < 4.78 is 12.0. The Bertz CT molecular complexity index is 591. The Morgan fingerprint density at radius 3 is 2.86 bits per heavy atom. The third-order valence-corrected chi connectivity index (χ3v) is 4.65. The minimum atomic E-state index is -0.115. The van der Waals surface area contributed by atoms with Gasteiger partial charge in [0, 0.05) is 10.0 Å². The van der Waals surface area contributed by atoms with Gasteiger partial charge in [-0.3, -0.25) is 4.79 Å². The van der Waals surface area contributed by atoms with Crippen molar-refractivity contribution < 1.29 is 14.3 Å². The van der Waals surface area contributed by atoms with Crippen molar-refractivity contribution in [2.45, 2.75) is 6.92 Å². The van der Waals surface area contributed by atoms with Crippen molar-refractivity contribution in [2.75, 3.05) is 19.5 Å². The van der Waals surface area contributed by atoms with E-state index in [1.165, 1.54) is 16.8 Å². The highest BCUT2D eigenvalue weighted by molar-refractivity contribution is 9.10. The van der Waals surface area contributed by atoms with Gasteiger partial charge in [-0.05, 0) is 35.0 Å². The second-order valence-electron chi connectivity index (χ2n) is 3.96. The van der Waals surface area contributed by atoms with E-state index in [2.05, 4.69) is 21.0 Å². The minimum absolute atomic E-state index is 0.115. The van der Waals surface area contributed by atoms with Crippen LogP contribution in [0.5, 0.6) is 11.5 Å². The number of rotatable bonds is 5. The van der Waals surface area contributed by atoms with Crippen LogP contribution in [-0.2, 0) is 4.79 Å². The number of thiocarbonyl (C=S) groups is 1. The van der Waals surface area contributed by atoms with Crippen LogP contribution in [-0.4, -0.2) is 40.9 Å². The van der Waals surface area contributed by atoms with Gasteiger partial charge < -0.3 is 9.47 Å². The fourth-order valence-electron chi connectivity index (χ4n) is 1.66. The highest BCUT2D eigenvalue weighted by Gasteiger charge is 2.26. The lowest BCUT2D eigenvalue weighted by Gasteiger charge is -2.12. The summed E-state index contributed by atoms with van der Waals surface area (Å²) in [6.45, 7) is 2.45. The smallest absolute Gasteiger partial charge is 0.259 e. The maximum atomic E-state index is 11.6. The van der Waals surface area contributed by atoms with Gasteiger partial charge in [-0.2, -0.15) is 10.1 Å². The number of carbonyl (C=O) groups is 1. The fourth-order valence-corrected chi connectivity index (χ4v) is 3.05. The van der Waals surface area contributed by atoms with Crippen molar-refractivity contribution in [2.24, 2.45) is 5.10 Å². The number of benzene rings is 1. The first-order valence-electron chi connectivity index (χ1n) is 6.10. The maximum absolute atomic E-state index is 11.6. The van der Waals surface area contributed by atoms with Gasteiger partial charge in [0.2, 0.25) is 0 Å². The van der Waals surface area contributed by atoms with Gasteiger partial charge in [0.25, 0.3) is 5.91 Å². The summed E-state index contributed by atoms with van der Waals surface area (Å²) in [6.07, 6.45) is 1.57. The Hall–Kier alpha value is -1.12. The molecular weight excluding hydrogens is 376 g/mol. The van der Waals surface area contributed by atoms with Gasteiger partial charge >= 0.3 is 0 Å². The first-order valence-corrected chi connectivity index (χ1v) is 8.29. The van der Waals surface area contributed by atoms with E-state index in [1.807, 2.05) is 13.0 Å². The molecule has 0 bridgehead atoms. The lowest BCUT2D eigenvalue weighted by atomic mass is 10.2. The summed E-state index contributed by atoms with van der Waals surface area (Å²) in [5.74, 6) is 1.47. The molecule has 0 unspecified atom stereocenters. The van der Waals surface area contributed by atoms with Crippen LogP contribution in [0.3, 0.4) is 0 Å². The maximum Gasteiger partial charge on any atom is 0.259 e. The van der Waals surface area contributed by atoms with E-state index in [4.69, 9.17) is 21.7 Å². The first kappa shape index (κ1) is 16.3. The van der Waals surface area contributed by atoms with E-state index in [0.29, 0.717) is 28.2 Å². The van der Waals surface area contributed by atoms with E-state index in [1.54, 1.807) is 19.4 Å². The zero-order valence-electron chi connectivity index (χ0n) is 11.5. The molecule has 0 radical (unpaired) electrons. The van der Waals surface area contributed by atoms with Crippen molar-refractivity contribution >= 4 is 56.4 Å². The molecule has 1 saturated heterocycles. The molecule has 1 fully saturated rings. The van der Waals surface area contributed by atoms with E-state index in [-0.39, 0.29) is 5.91 Å². The number of methoxy groups -OCH3 is 1. The summed E-state index contributed by atoms with van der Waals surface area (Å²) in [5, 5.41) is 5.37. The molecule has 112 valence electrons. The van der Waals surface area contributed by atoms with Crippen LogP contribution in [0.4, 0.5) is 0 Å². The standard InChI is InChI=1S/C13H13BrN2O3S2/c1-3-19-11-5-9(14)8(4-10(11)18-2)6-15-16-12(17)7-21-13(16)20/h4-6H,3,7H2,1-2H3/b15-6-. The zero-order valence-corrected chi connectivity index (χ0v) is 14.7. The molecule has 0 spiro atoms. The van der Waals surface area contributed by atoms with E-state index in [0.717, 1.165) is 10.0 Å². The van der Waals surface area contributed by atoms with Crippen LogP contribution < -0.4 is 9.47 Å². The normalized spacial score (nSPS) is 15.1. The second-order valence-corrected chi connectivity index (χ2v) is 6.43. The van der Waals surface area contributed by atoms with Crippen LogP contribution in [0.2, 0.25) is 0 Å². The van der Waals surface area contributed by atoms with Gasteiger partial charge in [-0.15, -0.1) is 0 Å². The number of amides is 1. The highest BCUT2D eigenvalue weighted by atomic mass is 79.9. The summed E-state index contributed by atoms with van der Waals surface area (Å²) in [6, 6.07) is 3.60. The molecule has 0 N–H and O–H groups in total. The molecule has 8 heteroatoms. The van der Waals surface area contributed by atoms with Crippen LogP contribution in [0.1, 0.15) is 12.5 Å². The van der Waals surface area contributed by atoms with E-state index in [9.17, 15) is 4.79 Å². The lowest BCUT2D eigenvalue weighted by molar-refractivity contribution is -0.123. The molecule has 1 aromatic carbocycles. The zero-order chi connectivity index (χ0) is 15.4. The van der Waals surface area contributed by atoms with E-state index >= 15 is 0 Å². The minimum Gasteiger partial charge on any atom is -0.493 e. The molecule has 0 saturated carbocycles. The Balaban J connectivity index is 2.27. The van der Waals surface area contributed by atoms with Crippen molar-refractivity contribution in [3.05, 3.63) is 22.2 Å². The molecule has 0 aliphatic carbocycles. The number of thioether (sulfide) groups is 1. The Kier molecular flexibility index (Phi) is 5.60. The molecule has 21 heavy (non-hydrogen) atoms. The second kappa shape index (κ2) is 7.24. The van der Waals surface area contributed by atoms with Crippen LogP contribution in [0.15, 0.2) is 21.7 Å². The third-order valence-electron chi connectivity index (χ3n) is 2.62. The third kappa shape index (κ3) is 3.75. The molecule has 1 amide bonds. The Morgan fingerprint density at radius 1 is 1.52 bits per heavy atom. The predicted octanol–water partition coefficient (Wildman–Crippen LogP) is 3.05.